The molecule has 1 amide bonds. The highest BCUT2D eigenvalue weighted by atomic mass is 32.1. The minimum absolute atomic E-state index is 0.0670. The Morgan fingerprint density at radius 2 is 2.03 bits per heavy atom. The summed E-state index contributed by atoms with van der Waals surface area (Å²) < 4.78 is 9.25. The number of aromatic nitrogens is 2. The van der Waals surface area contributed by atoms with Gasteiger partial charge in [0.15, 0.2) is 5.69 Å². The van der Waals surface area contributed by atoms with Crippen LogP contribution >= 0.6 is 11.3 Å². The van der Waals surface area contributed by atoms with Crippen molar-refractivity contribution in [3.8, 4) is 0 Å². The maximum absolute atomic E-state index is 13.4. The van der Waals surface area contributed by atoms with Crippen LogP contribution in [0.25, 0.3) is 10.4 Å². The molecule has 0 radical (unpaired) electrons. The van der Waals surface area contributed by atoms with Crippen molar-refractivity contribution in [2.45, 2.75) is 39.2 Å². The summed E-state index contributed by atoms with van der Waals surface area (Å²) in [5.74, 6) is -1.86. The van der Waals surface area contributed by atoms with Gasteiger partial charge in [0.05, 0.1) is 34.9 Å². The highest BCUT2D eigenvalue weighted by Gasteiger charge is 2.60. The third-order valence-corrected chi connectivity index (χ3v) is 8.15. The number of thiazole rings is 1. The number of rotatable bonds is 7. The van der Waals surface area contributed by atoms with E-state index in [0.717, 1.165) is 15.4 Å². The summed E-state index contributed by atoms with van der Waals surface area (Å²) in [4.78, 5) is 39.7. The van der Waals surface area contributed by atoms with E-state index in [0.29, 0.717) is 11.1 Å². The standard InChI is InChI=1S/C24H25N4O7S/c1-12-18(17-8-26-11-25(3)16(9-29)23(26)36-17)21(27-20(12)19(13(2)30)22(27)31)24(32)35-10-14-4-6-15(7-5-14)28(33)34/h4-8,11-13,19-20,29-30H,9-10H2,1-3H3/q+1/t12-,13+,19+,20+/m0/s1. The summed E-state index contributed by atoms with van der Waals surface area (Å²) in [6.07, 6.45) is 2.83. The Hall–Kier alpha value is -3.61. The highest BCUT2D eigenvalue weighted by Crippen LogP contribution is 2.51. The SMILES string of the molecule is C[C@@H](O)[C@H]1C(=O)N2C(C(=O)OCc3ccc([N+](=O)[O-])cc3)=C(c3c[n+]4cn(C)c(CO)c4s3)[C@H](C)[C@H]12. The third-order valence-electron chi connectivity index (χ3n) is 6.97. The van der Waals surface area contributed by atoms with Crippen LogP contribution in [0, 0.1) is 22.0 Å². The van der Waals surface area contributed by atoms with Crippen LogP contribution in [0.2, 0.25) is 0 Å². The van der Waals surface area contributed by atoms with E-state index in [2.05, 4.69) is 0 Å². The normalized spacial score (nSPS) is 22.1. The molecule has 12 heteroatoms. The molecular formula is C24H25N4O7S+. The van der Waals surface area contributed by atoms with Gasteiger partial charge in [-0.15, -0.1) is 0 Å². The molecule has 3 aromatic rings. The molecule has 36 heavy (non-hydrogen) atoms. The maximum atomic E-state index is 13.4. The number of aryl methyl sites for hydroxylation is 1. The van der Waals surface area contributed by atoms with Gasteiger partial charge in [-0.25, -0.2) is 9.36 Å². The van der Waals surface area contributed by atoms with Crippen LogP contribution in [-0.4, -0.2) is 48.6 Å². The molecule has 2 aliphatic rings. The molecule has 0 unspecified atom stereocenters. The lowest BCUT2D eigenvalue weighted by atomic mass is 9.77. The number of non-ortho nitro benzene ring substituents is 1. The number of esters is 1. The average Bonchev–Trinajstić information content (AvgIpc) is 3.43. The predicted molar refractivity (Wildman–Crippen MR) is 127 cm³/mol. The van der Waals surface area contributed by atoms with E-state index in [1.165, 1.54) is 40.5 Å². The molecule has 4 atom stereocenters. The van der Waals surface area contributed by atoms with Crippen LogP contribution < -0.4 is 4.40 Å². The predicted octanol–water partition coefficient (Wildman–Crippen LogP) is 1.54. The quantitative estimate of drug-likeness (QED) is 0.161. The fourth-order valence-corrected chi connectivity index (χ4v) is 6.49. The molecule has 1 fully saturated rings. The molecule has 1 aromatic carbocycles. The molecule has 5 rings (SSSR count). The molecule has 188 valence electrons. The number of hydrogen-bond acceptors (Lipinski definition) is 8. The summed E-state index contributed by atoms with van der Waals surface area (Å²) >= 11 is 1.41. The Bertz CT molecular complexity index is 1420. The molecule has 2 aromatic heterocycles. The van der Waals surface area contributed by atoms with Gasteiger partial charge >= 0.3 is 5.97 Å². The van der Waals surface area contributed by atoms with Gasteiger partial charge in [-0.05, 0) is 24.6 Å². The number of β-lactam (4-membered cyclic amide) rings is 1. The molecule has 0 aliphatic carbocycles. The minimum Gasteiger partial charge on any atom is -0.456 e. The number of aliphatic hydroxyl groups is 2. The summed E-state index contributed by atoms with van der Waals surface area (Å²) in [7, 11) is 1.83. The van der Waals surface area contributed by atoms with Crippen LogP contribution in [0.1, 0.15) is 30.0 Å². The first-order valence-electron chi connectivity index (χ1n) is 11.4. The maximum Gasteiger partial charge on any atom is 0.355 e. The smallest absolute Gasteiger partial charge is 0.355 e. The molecule has 0 saturated carbocycles. The molecular weight excluding hydrogens is 488 g/mol. The van der Waals surface area contributed by atoms with Crippen LogP contribution in [0.5, 0.6) is 0 Å². The van der Waals surface area contributed by atoms with Crippen LogP contribution in [-0.2, 0) is 34.6 Å². The fourth-order valence-electron chi connectivity index (χ4n) is 5.19. The van der Waals surface area contributed by atoms with E-state index in [-0.39, 0.29) is 42.5 Å². The second-order valence-corrected chi connectivity index (χ2v) is 10.2. The van der Waals surface area contributed by atoms with E-state index in [1.807, 2.05) is 35.5 Å². The topological polar surface area (TPSA) is 139 Å². The zero-order valence-electron chi connectivity index (χ0n) is 19.8. The van der Waals surface area contributed by atoms with E-state index in [4.69, 9.17) is 4.74 Å². The summed E-state index contributed by atoms with van der Waals surface area (Å²) in [6.45, 7) is 3.22. The monoisotopic (exact) mass is 513 g/mol. The Labute approximate surface area is 209 Å². The van der Waals surface area contributed by atoms with Crippen molar-refractivity contribution in [1.82, 2.24) is 9.47 Å². The summed E-state index contributed by atoms with van der Waals surface area (Å²) in [5, 5.41) is 30.9. The van der Waals surface area contributed by atoms with Gasteiger partial charge in [-0.1, -0.05) is 18.3 Å². The second-order valence-electron chi connectivity index (χ2n) is 9.15. The number of amides is 1. The van der Waals surface area contributed by atoms with Crippen molar-refractivity contribution in [3.05, 3.63) is 68.7 Å². The van der Waals surface area contributed by atoms with Crippen molar-refractivity contribution < 1.29 is 33.9 Å². The molecule has 4 heterocycles. The number of benzene rings is 1. The zero-order chi connectivity index (χ0) is 25.9. The number of carbonyl (C=O) groups is 2. The Kier molecular flexibility index (Phi) is 5.89. The summed E-state index contributed by atoms with van der Waals surface area (Å²) in [6, 6.07) is 5.32. The molecule has 11 nitrogen and oxygen atoms in total. The van der Waals surface area contributed by atoms with E-state index < -0.39 is 22.9 Å². The van der Waals surface area contributed by atoms with Gasteiger partial charge in [0.25, 0.3) is 5.69 Å². The van der Waals surface area contributed by atoms with Crippen molar-refractivity contribution in [3.63, 3.8) is 0 Å². The molecule has 0 spiro atoms. The first-order chi connectivity index (χ1) is 17.1. The van der Waals surface area contributed by atoms with Gasteiger partial charge in [0, 0.05) is 23.6 Å². The fraction of sp³-hybridized carbons (Fsp3) is 0.375. The lowest BCUT2D eigenvalue weighted by molar-refractivity contribution is -0.508. The number of hydrogen-bond donors (Lipinski definition) is 2. The number of fused-ring (bicyclic) bond motifs is 2. The van der Waals surface area contributed by atoms with E-state index in [1.54, 1.807) is 6.92 Å². The van der Waals surface area contributed by atoms with Crippen LogP contribution in [0.4, 0.5) is 5.69 Å². The molecule has 2 N–H and O–H groups in total. The van der Waals surface area contributed by atoms with E-state index >= 15 is 0 Å². The lowest BCUT2D eigenvalue weighted by Gasteiger charge is -2.46. The number of imidazole rings is 1. The van der Waals surface area contributed by atoms with Crippen LogP contribution in [0.15, 0.2) is 42.5 Å². The number of nitro benzene ring substituents is 1. The average molecular weight is 514 g/mol. The van der Waals surface area contributed by atoms with Gasteiger partial charge in [-0.3, -0.25) is 14.9 Å². The first kappa shape index (κ1) is 24.1. The number of nitro groups is 1. The molecule has 0 bridgehead atoms. The number of ether oxygens (including phenoxy) is 1. The second kappa shape index (κ2) is 8.80. The largest absolute Gasteiger partial charge is 0.456 e. The zero-order valence-corrected chi connectivity index (χ0v) is 20.6. The number of carbonyl (C=O) groups excluding carboxylic acids is 2. The Balaban J connectivity index is 1.51. The summed E-state index contributed by atoms with van der Waals surface area (Å²) in [5.41, 5.74) is 2.03. The van der Waals surface area contributed by atoms with E-state index in [9.17, 15) is 29.9 Å². The van der Waals surface area contributed by atoms with Crippen molar-refractivity contribution in [1.29, 1.82) is 0 Å². The minimum atomic E-state index is -0.864. The number of aliphatic hydroxyl groups excluding tert-OH is 2. The lowest BCUT2D eigenvalue weighted by Crippen LogP contribution is -2.63. The first-order valence-corrected chi connectivity index (χ1v) is 12.2. The highest BCUT2D eigenvalue weighted by molar-refractivity contribution is 7.18. The molecule has 2 aliphatic heterocycles. The van der Waals surface area contributed by atoms with Crippen molar-refractivity contribution in [2.75, 3.05) is 0 Å². The van der Waals surface area contributed by atoms with Crippen molar-refractivity contribution >= 4 is 39.3 Å². The van der Waals surface area contributed by atoms with Gasteiger partial charge in [0.2, 0.25) is 17.1 Å². The third kappa shape index (κ3) is 3.60. The Morgan fingerprint density at radius 3 is 2.64 bits per heavy atom. The van der Waals surface area contributed by atoms with Crippen molar-refractivity contribution in [2.24, 2.45) is 18.9 Å². The molecule has 1 saturated heterocycles. The van der Waals surface area contributed by atoms with Crippen LogP contribution in [0.3, 0.4) is 0 Å². The van der Waals surface area contributed by atoms with Gasteiger partial charge in [0.1, 0.15) is 25.1 Å². The number of nitrogens with zero attached hydrogens (tertiary/aromatic N) is 4. The van der Waals surface area contributed by atoms with Gasteiger partial charge in [-0.2, -0.15) is 4.40 Å². The van der Waals surface area contributed by atoms with Gasteiger partial charge < -0.3 is 19.8 Å². The Morgan fingerprint density at radius 1 is 1.33 bits per heavy atom.